The first-order valence-corrected chi connectivity index (χ1v) is 8.04. The van der Waals surface area contributed by atoms with Crippen molar-refractivity contribution in [3.63, 3.8) is 0 Å². The lowest BCUT2D eigenvalue weighted by Crippen LogP contribution is -2.22. The lowest BCUT2D eigenvalue weighted by molar-refractivity contribution is -0.119. The number of nitrogens with zero attached hydrogens (tertiary/aromatic N) is 1. The fraction of sp³-hybridized carbons (Fsp3) is 0.150. The van der Waals surface area contributed by atoms with E-state index in [1.807, 2.05) is 31.2 Å². The largest absolute Gasteiger partial charge is 0.452 e. The van der Waals surface area contributed by atoms with Crippen LogP contribution in [0.5, 0.6) is 0 Å². The second-order valence-electron chi connectivity index (χ2n) is 5.85. The molecule has 1 amide bonds. The monoisotopic (exact) mass is 352 g/mol. The lowest BCUT2D eigenvalue weighted by atomic mass is 10.0. The normalized spacial score (nSPS) is 10.6. The van der Waals surface area contributed by atoms with Gasteiger partial charge in [0, 0.05) is 11.1 Å². The third-order valence-electron chi connectivity index (χ3n) is 4.00. The number of nitrogens with one attached hydrogen (secondary N) is 1. The van der Waals surface area contributed by atoms with E-state index in [0.29, 0.717) is 16.9 Å². The molecule has 3 rings (SSSR count). The van der Waals surface area contributed by atoms with Crippen LogP contribution in [0.1, 0.15) is 21.6 Å². The van der Waals surface area contributed by atoms with Crippen LogP contribution in [-0.4, -0.2) is 23.5 Å². The minimum atomic E-state index is -0.604. The second kappa shape index (κ2) is 7.31. The van der Waals surface area contributed by atoms with Crippen molar-refractivity contribution in [3.8, 4) is 0 Å². The molecule has 5 nitrogen and oxygen atoms in total. The predicted molar refractivity (Wildman–Crippen MR) is 96.5 cm³/mol. The Labute approximate surface area is 149 Å². The summed E-state index contributed by atoms with van der Waals surface area (Å²) in [4.78, 5) is 28.8. The summed E-state index contributed by atoms with van der Waals surface area (Å²) in [5.74, 6) is -1.51. The number of para-hydroxylation sites is 1. The van der Waals surface area contributed by atoms with Crippen LogP contribution in [0.4, 0.5) is 10.1 Å². The third-order valence-corrected chi connectivity index (χ3v) is 4.00. The summed E-state index contributed by atoms with van der Waals surface area (Å²) >= 11 is 0. The van der Waals surface area contributed by atoms with Crippen molar-refractivity contribution in [3.05, 3.63) is 71.2 Å². The van der Waals surface area contributed by atoms with E-state index in [0.717, 1.165) is 16.5 Å². The van der Waals surface area contributed by atoms with E-state index >= 15 is 0 Å². The SMILES string of the molecule is Cc1nc2ccccc2c(C)c1C(=O)OCC(=O)Nc1ccc(F)cc1. The zero-order chi connectivity index (χ0) is 18.7. The molecule has 0 aliphatic carbocycles. The van der Waals surface area contributed by atoms with Gasteiger partial charge >= 0.3 is 5.97 Å². The van der Waals surface area contributed by atoms with Crippen molar-refractivity contribution < 1.29 is 18.7 Å². The van der Waals surface area contributed by atoms with Gasteiger partial charge in [0.2, 0.25) is 0 Å². The summed E-state index contributed by atoms with van der Waals surface area (Å²) in [6, 6.07) is 12.8. The number of anilines is 1. The Hall–Kier alpha value is -3.28. The maximum Gasteiger partial charge on any atom is 0.340 e. The highest BCUT2D eigenvalue weighted by Gasteiger charge is 2.18. The number of benzene rings is 2. The van der Waals surface area contributed by atoms with E-state index in [9.17, 15) is 14.0 Å². The molecule has 1 heterocycles. The number of carbonyl (C=O) groups is 2. The fourth-order valence-electron chi connectivity index (χ4n) is 2.77. The van der Waals surface area contributed by atoms with Crippen LogP contribution in [0.25, 0.3) is 10.9 Å². The molecule has 0 aliphatic rings. The highest BCUT2D eigenvalue weighted by atomic mass is 19.1. The van der Waals surface area contributed by atoms with Crippen LogP contribution in [0.3, 0.4) is 0 Å². The number of ether oxygens (including phenoxy) is 1. The van der Waals surface area contributed by atoms with Gasteiger partial charge in [-0.3, -0.25) is 9.78 Å². The molecule has 6 heteroatoms. The summed E-state index contributed by atoms with van der Waals surface area (Å²) in [5.41, 5.74) is 2.89. The van der Waals surface area contributed by atoms with Crippen LogP contribution in [0.15, 0.2) is 48.5 Å². The topological polar surface area (TPSA) is 68.3 Å². The van der Waals surface area contributed by atoms with E-state index in [1.165, 1.54) is 24.3 Å². The van der Waals surface area contributed by atoms with Crippen molar-refractivity contribution in [1.29, 1.82) is 0 Å². The molecule has 26 heavy (non-hydrogen) atoms. The summed E-state index contributed by atoms with van der Waals surface area (Å²) in [7, 11) is 0. The molecule has 0 bridgehead atoms. The number of carbonyl (C=O) groups excluding carboxylic acids is 2. The Kier molecular flexibility index (Phi) is 4.93. The van der Waals surface area contributed by atoms with Gasteiger partial charge in [-0.25, -0.2) is 9.18 Å². The Morgan fingerprint density at radius 3 is 2.50 bits per heavy atom. The average Bonchev–Trinajstić information content (AvgIpc) is 2.62. The van der Waals surface area contributed by atoms with Crippen molar-refractivity contribution in [2.45, 2.75) is 13.8 Å². The Morgan fingerprint density at radius 2 is 1.77 bits per heavy atom. The summed E-state index contributed by atoms with van der Waals surface area (Å²) in [6.45, 7) is 3.11. The first-order chi connectivity index (χ1) is 12.5. The van der Waals surface area contributed by atoms with Crippen LogP contribution in [0.2, 0.25) is 0 Å². The average molecular weight is 352 g/mol. The maximum atomic E-state index is 12.9. The molecule has 0 unspecified atom stereocenters. The number of hydrogen-bond acceptors (Lipinski definition) is 4. The van der Waals surface area contributed by atoms with Crippen molar-refractivity contribution in [2.75, 3.05) is 11.9 Å². The van der Waals surface area contributed by atoms with Crippen LogP contribution in [-0.2, 0) is 9.53 Å². The van der Waals surface area contributed by atoms with E-state index in [-0.39, 0.29) is 0 Å². The zero-order valence-corrected chi connectivity index (χ0v) is 14.4. The van der Waals surface area contributed by atoms with Crippen LogP contribution < -0.4 is 5.32 Å². The van der Waals surface area contributed by atoms with Gasteiger partial charge in [0.25, 0.3) is 5.91 Å². The Balaban J connectivity index is 1.71. The van der Waals surface area contributed by atoms with E-state index in [1.54, 1.807) is 6.92 Å². The first kappa shape index (κ1) is 17.5. The quantitative estimate of drug-likeness (QED) is 0.726. The minimum absolute atomic E-state index is 0.360. The third kappa shape index (κ3) is 3.69. The van der Waals surface area contributed by atoms with Crippen molar-refractivity contribution >= 4 is 28.5 Å². The number of hydrogen-bond donors (Lipinski definition) is 1. The number of aromatic nitrogens is 1. The molecule has 0 radical (unpaired) electrons. The van der Waals surface area contributed by atoms with Crippen LogP contribution in [0, 0.1) is 19.7 Å². The Morgan fingerprint density at radius 1 is 1.08 bits per heavy atom. The number of rotatable bonds is 4. The van der Waals surface area contributed by atoms with Gasteiger partial charge in [0.15, 0.2) is 6.61 Å². The second-order valence-corrected chi connectivity index (χ2v) is 5.85. The zero-order valence-electron chi connectivity index (χ0n) is 14.4. The van der Waals surface area contributed by atoms with E-state index in [4.69, 9.17) is 4.74 Å². The molecule has 3 aromatic rings. The van der Waals surface area contributed by atoms with Gasteiger partial charge in [0.05, 0.1) is 16.8 Å². The molecular formula is C20H17FN2O3. The molecule has 0 saturated carbocycles. The van der Waals surface area contributed by atoms with Gasteiger partial charge in [-0.15, -0.1) is 0 Å². The minimum Gasteiger partial charge on any atom is -0.452 e. The van der Waals surface area contributed by atoms with E-state index < -0.39 is 24.3 Å². The standard InChI is InChI=1S/C20H17FN2O3/c1-12-16-5-3-4-6-17(16)22-13(2)19(12)20(25)26-11-18(24)23-15-9-7-14(21)8-10-15/h3-10H,11H2,1-2H3,(H,23,24). The maximum absolute atomic E-state index is 12.9. The highest BCUT2D eigenvalue weighted by molar-refractivity contribution is 6.00. The number of halogens is 1. The Bertz CT molecular complexity index is 984. The predicted octanol–water partition coefficient (Wildman–Crippen LogP) is 3.79. The van der Waals surface area contributed by atoms with Gasteiger partial charge < -0.3 is 10.1 Å². The van der Waals surface area contributed by atoms with Gasteiger partial charge in [0.1, 0.15) is 5.82 Å². The molecule has 0 fully saturated rings. The molecule has 132 valence electrons. The van der Waals surface area contributed by atoms with Crippen molar-refractivity contribution in [2.24, 2.45) is 0 Å². The number of pyridine rings is 1. The van der Waals surface area contributed by atoms with Gasteiger partial charge in [-0.2, -0.15) is 0 Å². The molecule has 0 atom stereocenters. The summed E-state index contributed by atoms with van der Waals surface area (Å²) < 4.78 is 18.0. The first-order valence-electron chi connectivity index (χ1n) is 8.04. The molecule has 0 saturated heterocycles. The van der Waals surface area contributed by atoms with E-state index in [2.05, 4.69) is 10.3 Å². The van der Waals surface area contributed by atoms with Crippen molar-refractivity contribution in [1.82, 2.24) is 4.98 Å². The highest BCUT2D eigenvalue weighted by Crippen LogP contribution is 2.23. The molecule has 2 aromatic carbocycles. The van der Waals surface area contributed by atoms with Gasteiger partial charge in [-0.05, 0) is 49.7 Å². The number of amides is 1. The number of esters is 1. The number of aryl methyl sites for hydroxylation is 2. The molecule has 0 spiro atoms. The summed E-state index contributed by atoms with van der Waals surface area (Å²) in [6.07, 6.45) is 0. The summed E-state index contributed by atoms with van der Waals surface area (Å²) in [5, 5.41) is 3.40. The molecule has 0 aliphatic heterocycles. The molecule has 1 N–H and O–H groups in total. The van der Waals surface area contributed by atoms with Crippen LogP contribution >= 0.6 is 0 Å². The molecular weight excluding hydrogens is 335 g/mol. The fourth-order valence-corrected chi connectivity index (χ4v) is 2.77. The number of fused-ring (bicyclic) bond motifs is 1. The lowest BCUT2D eigenvalue weighted by Gasteiger charge is -2.12. The van der Waals surface area contributed by atoms with Gasteiger partial charge in [-0.1, -0.05) is 18.2 Å². The smallest absolute Gasteiger partial charge is 0.340 e. The molecule has 1 aromatic heterocycles.